The van der Waals surface area contributed by atoms with Crippen molar-refractivity contribution in [3.05, 3.63) is 89.7 Å². The topological polar surface area (TPSA) is 123 Å². The second-order valence-electron chi connectivity index (χ2n) is 7.61. The fourth-order valence-corrected chi connectivity index (χ4v) is 4.07. The molecule has 0 aromatic heterocycles. The van der Waals surface area contributed by atoms with Gasteiger partial charge in [0, 0.05) is 24.2 Å². The van der Waals surface area contributed by atoms with E-state index < -0.39 is 11.2 Å². The number of amides is 3. The predicted molar refractivity (Wildman–Crippen MR) is 132 cm³/mol. The third-order valence-electron chi connectivity index (χ3n) is 4.96. The molecule has 0 spiro atoms. The monoisotopic (exact) mass is 492 g/mol. The number of thioether (sulfide) groups is 1. The van der Waals surface area contributed by atoms with E-state index in [0.29, 0.717) is 22.7 Å². The van der Waals surface area contributed by atoms with Gasteiger partial charge in [-0.3, -0.25) is 14.4 Å². The molecule has 35 heavy (non-hydrogen) atoms. The van der Waals surface area contributed by atoms with E-state index >= 15 is 0 Å². The van der Waals surface area contributed by atoms with E-state index in [4.69, 9.17) is 10.5 Å². The molecular weight excluding hydrogens is 471 g/mol. The van der Waals surface area contributed by atoms with Crippen LogP contribution in [-0.2, 0) is 16.1 Å². The van der Waals surface area contributed by atoms with Crippen LogP contribution in [0.5, 0.6) is 11.5 Å². The van der Waals surface area contributed by atoms with Crippen LogP contribution in [0.15, 0.2) is 77.8 Å². The Balaban J connectivity index is 1.28. The molecule has 1 aliphatic heterocycles. The highest BCUT2D eigenvalue weighted by Gasteiger charge is 2.29. The van der Waals surface area contributed by atoms with E-state index in [2.05, 4.69) is 15.6 Å². The normalized spacial score (nSPS) is 14.8. The smallest absolute Gasteiger partial charge is 0.262 e. The van der Waals surface area contributed by atoms with Crippen molar-refractivity contribution < 1.29 is 23.5 Å². The van der Waals surface area contributed by atoms with Crippen LogP contribution in [-0.4, -0.2) is 28.1 Å². The van der Waals surface area contributed by atoms with Crippen molar-refractivity contribution in [2.24, 2.45) is 10.7 Å². The van der Waals surface area contributed by atoms with E-state index in [1.54, 1.807) is 36.4 Å². The highest BCUT2D eigenvalue weighted by molar-refractivity contribution is 8.15. The van der Waals surface area contributed by atoms with Gasteiger partial charge in [-0.25, -0.2) is 4.39 Å². The largest absolute Gasteiger partial charge is 0.457 e. The zero-order chi connectivity index (χ0) is 24.8. The number of hydrogen-bond acceptors (Lipinski definition) is 6. The molecule has 3 amide bonds. The summed E-state index contributed by atoms with van der Waals surface area (Å²) in [5.74, 6) is -0.341. The lowest BCUT2D eigenvalue weighted by atomic mass is 10.1. The number of nitrogens with zero attached hydrogens (tertiary/aromatic N) is 1. The van der Waals surface area contributed by atoms with Gasteiger partial charge in [0.2, 0.25) is 5.91 Å². The number of carbonyl (C=O) groups is 3. The molecular formula is C25H21FN4O4S. The summed E-state index contributed by atoms with van der Waals surface area (Å²) >= 11 is 1.06. The molecule has 1 atom stereocenters. The van der Waals surface area contributed by atoms with E-state index in [1.807, 2.05) is 12.1 Å². The molecule has 0 radical (unpaired) electrons. The van der Waals surface area contributed by atoms with Crippen LogP contribution in [0.25, 0.3) is 0 Å². The van der Waals surface area contributed by atoms with Crippen LogP contribution >= 0.6 is 11.8 Å². The molecule has 4 N–H and O–H groups in total. The number of nitrogens with two attached hydrogens (primary N) is 1. The van der Waals surface area contributed by atoms with Crippen LogP contribution < -0.4 is 21.1 Å². The summed E-state index contributed by atoms with van der Waals surface area (Å²) in [7, 11) is 0. The van der Waals surface area contributed by atoms with Crippen molar-refractivity contribution in [2.75, 3.05) is 5.32 Å². The predicted octanol–water partition coefficient (Wildman–Crippen LogP) is 3.83. The fraction of sp³-hybridized carbons (Fsp3) is 0.120. The standard InChI is InChI=1S/C25H21FN4O4S/c26-17-6-10-20(11-7-17)34-19-8-4-15(5-9-19)14-28-23(32)16-2-1-3-18(12-16)29-22(31)13-21-24(33)30-25(27)35-21/h1-12,21H,13-14H2,(H,28,32)(H,29,31)(H2,27,30,33). The van der Waals surface area contributed by atoms with E-state index in [9.17, 15) is 18.8 Å². The van der Waals surface area contributed by atoms with Crippen molar-refractivity contribution >= 4 is 40.3 Å². The maximum Gasteiger partial charge on any atom is 0.262 e. The average molecular weight is 493 g/mol. The Morgan fingerprint density at radius 2 is 1.71 bits per heavy atom. The zero-order valence-electron chi connectivity index (χ0n) is 18.4. The second kappa shape index (κ2) is 10.8. The number of aliphatic imine (C=N–C) groups is 1. The molecule has 8 nitrogen and oxygen atoms in total. The van der Waals surface area contributed by atoms with Crippen LogP contribution in [0, 0.1) is 5.82 Å². The number of nitrogens with one attached hydrogen (secondary N) is 2. The summed E-state index contributed by atoms with van der Waals surface area (Å²) in [5.41, 5.74) is 7.18. The molecule has 3 aromatic rings. The van der Waals surface area contributed by atoms with Gasteiger partial charge in [0.25, 0.3) is 11.8 Å². The number of benzene rings is 3. The molecule has 0 saturated heterocycles. The summed E-state index contributed by atoms with van der Waals surface area (Å²) in [6.45, 7) is 0.286. The molecule has 1 heterocycles. The quantitative estimate of drug-likeness (QED) is 0.439. The van der Waals surface area contributed by atoms with Crippen LogP contribution in [0.3, 0.4) is 0 Å². The van der Waals surface area contributed by atoms with Gasteiger partial charge in [0.1, 0.15) is 22.6 Å². The molecule has 0 aliphatic carbocycles. The van der Waals surface area contributed by atoms with Crippen molar-refractivity contribution in [3.63, 3.8) is 0 Å². The van der Waals surface area contributed by atoms with Crippen molar-refractivity contribution in [3.8, 4) is 11.5 Å². The molecule has 178 valence electrons. The first kappa shape index (κ1) is 24.0. The van der Waals surface area contributed by atoms with Gasteiger partial charge in [0.05, 0.1) is 0 Å². The van der Waals surface area contributed by atoms with Gasteiger partial charge >= 0.3 is 0 Å². The molecule has 0 fully saturated rings. The van der Waals surface area contributed by atoms with E-state index in [0.717, 1.165) is 17.3 Å². The summed E-state index contributed by atoms with van der Waals surface area (Å²) in [5, 5.41) is 5.04. The van der Waals surface area contributed by atoms with Gasteiger partial charge < -0.3 is 21.1 Å². The lowest BCUT2D eigenvalue weighted by Gasteiger charge is -2.10. The van der Waals surface area contributed by atoms with Crippen LogP contribution in [0.1, 0.15) is 22.3 Å². The van der Waals surface area contributed by atoms with Gasteiger partial charge in [-0.15, -0.1) is 0 Å². The van der Waals surface area contributed by atoms with Gasteiger partial charge in [-0.1, -0.05) is 30.0 Å². The third kappa shape index (κ3) is 6.67. The minimum Gasteiger partial charge on any atom is -0.457 e. The van der Waals surface area contributed by atoms with Gasteiger partial charge in [0.15, 0.2) is 5.17 Å². The molecule has 1 unspecified atom stereocenters. The number of hydrogen-bond donors (Lipinski definition) is 3. The number of carbonyl (C=O) groups excluding carboxylic acids is 3. The highest BCUT2D eigenvalue weighted by atomic mass is 32.2. The Morgan fingerprint density at radius 1 is 1.03 bits per heavy atom. The molecule has 0 bridgehead atoms. The summed E-state index contributed by atoms with van der Waals surface area (Å²) < 4.78 is 18.7. The number of ether oxygens (including phenoxy) is 1. The van der Waals surface area contributed by atoms with E-state index in [1.165, 1.54) is 24.3 Å². The van der Waals surface area contributed by atoms with Crippen molar-refractivity contribution in [1.29, 1.82) is 0 Å². The van der Waals surface area contributed by atoms with Crippen molar-refractivity contribution in [2.45, 2.75) is 18.2 Å². The first-order valence-electron chi connectivity index (χ1n) is 10.6. The molecule has 3 aromatic carbocycles. The lowest BCUT2D eigenvalue weighted by molar-refractivity contribution is -0.121. The van der Waals surface area contributed by atoms with E-state index in [-0.39, 0.29) is 35.8 Å². The fourth-order valence-electron chi connectivity index (χ4n) is 3.25. The Bertz CT molecular complexity index is 1280. The summed E-state index contributed by atoms with van der Waals surface area (Å²) in [6.07, 6.45) is -0.0645. The number of halogens is 1. The number of rotatable bonds is 8. The maximum atomic E-state index is 13.0. The molecule has 10 heteroatoms. The first-order chi connectivity index (χ1) is 16.9. The second-order valence-corrected chi connectivity index (χ2v) is 8.83. The van der Waals surface area contributed by atoms with Crippen molar-refractivity contribution in [1.82, 2.24) is 5.32 Å². The Labute approximate surface area is 204 Å². The number of anilines is 1. The molecule has 1 aliphatic rings. The first-order valence-corrected chi connectivity index (χ1v) is 11.5. The minimum absolute atomic E-state index is 0.0645. The highest BCUT2D eigenvalue weighted by Crippen LogP contribution is 2.24. The van der Waals surface area contributed by atoms with Crippen LogP contribution in [0.4, 0.5) is 10.1 Å². The molecule has 4 rings (SSSR count). The van der Waals surface area contributed by atoms with Gasteiger partial charge in [-0.2, -0.15) is 4.99 Å². The van der Waals surface area contributed by atoms with Crippen LogP contribution in [0.2, 0.25) is 0 Å². The summed E-state index contributed by atoms with van der Waals surface area (Å²) in [6, 6.07) is 19.4. The SMILES string of the molecule is NC1=NC(=O)C(CC(=O)Nc2cccc(C(=O)NCc3ccc(Oc4ccc(F)cc4)cc3)c2)S1. The Hall–Kier alpha value is -4.18. The third-order valence-corrected chi connectivity index (χ3v) is 5.95. The minimum atomic E-state index is -0.631. The Kier molecular flexibility index (Phi) is 7.41. The average Bonchev–Trinajstić information content (AvgIpc) is 3.16. The maximum absolute atomic E-state index is 13.0. The zero-order valence-corrected chi connectivity index (χ0v) is 19.2. The Morgan fingerprint density at radius 3 is 2.37 bits per heavy atom. The molecule has 0 saturated carbocycles. The van der Waals surface area contributed by atoms with Gasteiger partial charge in [-0.05, 0) is 60.2 Å². The number of amidine groups is 1. The summed E-state index contributed by atoms with van der Waals surface area (Å²) in [4.78, 5) is 40.1. The lowest BCUT2D eigenvalue weighted by Crippen LogP contribution is -2.24.